The van der Waals surface area contributed by atoms with Crippen LogP contribution in [-0.4, -0.2) is 16.2 Å². The molecule has 78 valence electrons. The summed E-state index contributed by atoms with van der Waals surface area (Å²) >= 11 is 0. The lowest BCUT2D eigenvalue weighted by Crippen LogP contribution is -2.07. The maximum atomic E-state index is 11.1. The van der Waals surface area contributed by atoms with Gasteiger partial charge in [0.25, 0.3) is 0 Å². The van der Waals surface area contributed by atoms with Crippen molar-refractivity contribution >= 4 is 11.5 Å². The average molecular weight is 213 g/mol. The number of azide groups is 1. The van der Waals surface area contributed by atoms with Gasteiger partial charge < -0.3 is 0 Å². The zero-order valence-electron chi connectivity index (χ0n) is 8.19. The number of rotatable bonds is 2. The highest BCUT2D eigenvalue weighted by Gasteiger charge is 2.10. The van der Waals surface area contributed by atoms with Gasteiger partial charge in [0.2, 0.25) is 0 Å². The molecular formula is C10H7N5O. The molecule has 0 radical (unpaired) electrons. The van der Waals surface area contributed by atoms with E-state index in [1.807, 2.05) is 12.1 Å². The molecule has 1 aliphatic rings. The van der Waals surface area contributed by atoms with Gasteiger partial charge in [-0.3, -0.25) is 4.79 Å². The molecule has 0 N–H and O–H groups in total. The van der Waals surface area contributed by atoms with E-state index in [0.29, 0.717) is 5.71 Å². The van der Waals surface area contributed by atoms with Gasteiger partial charge in [0.05, 0.1) is 11.4 Å². The summed E-state index contributed by atoms with van der Waals surface area (Å²) in [5, 5.41) is 7.60. The van der Waals surface area contributed by atoms with Gasteiger partial charge in [-0.15, -0.1) is 0 Å². The van der Waals surface area contributed by atoms with Crippen molar-refractivity contribution < 1.29 is 4.79 Å². The highest BCUT2D eigenvalue weighted by molar-refractivity contribution is 6.19. The van der Waals surface area contributed by atoms with Crippen LogP contribution in [0.5, 0.6) is 0 Å². The first-order valence-electron chi connectivity index (χ1n) is 4.51. The van der Waals surface area contributed by atoms with E-state index in [0.717, 1.165) is 0 Å². The molecule has 0 aromatic carbocycles. The number of hydrogen-bond acceptors (Lipinski definition) is 3. The average Bonchev–Trinajstić information content (AvgIpc) is 2.75. The molecule has 6 nitrogen and oxygen atoms in total. The molecule has 0 bridgehead atoms. The van der Waals surface area contributed by atoms with E-state index in [-0.39, 0.29) is 11.5 Å². The summed E-state index contributed by atoms with van der Waals surface area (Å²) in [5.74, 6) is -0.214. The lowest BCUT2D eigenvalue weighted by Gasteiger charge is -2.05. The third-order valence-electron chi connectivity index (χ3n) is 1.91. The third-order valence-corrected chi connectivity index (χ3v) is 1.91. The zero-order valence-corrected chi connectivity index (χ0v) is 8.19. The van der Waals surface area contributed by atoms with Crippen LogP contribution in [0, 0.1) is 0 Å². The summed E-state index contributed by atoms with van der Waals surface area (Å²) in [6.07, 6.45) is 7.63. The molecular weight excluding hydrogens is 206 g/mol. The number of ketones is 1. The lowest BCUT2D eigenvalue weighted by molar-refractivity contribution is -0.110. The highest BCUT2D eigenvalue weighted by atomic mass is 16.1. The molecule has 1 aliphatic carbocycles. The van der Waals surface area contributed by atoms with Crippen molar-refractivity contribution in [2.75, 3.05) is 0 Å². The summed E-state index contributed by atoms with van der Waals surface area (Å²) in [5.41, 5.74) is 9.05. The number of carbonyl (C=O) groups is 1. The van der Waals surface area contributed by atoms with Crippen molar-refractivity contribution in [3.05, 3.63) is 58.9 Å². The van der Waals surface area contributed by atoms with E-state index >= 15 is 0 Å². The number of nitrogens with zero attached hydrogens (tertiary/aromatic N) is 5. The van der Waals surface area contributed by atoms with Gasteiger partial charge in [0.1, 0.15) is 0 Å². The van der Waals surface area contributed by atoms with Crippen LogP contribution in [0.4, 0.5) is 0 Å². The molecule has 6 heteroatoms. The Labute approximate surface area is 90.8 Å². The Hall–Kier alpha value is -2.59. The minimum absolute atomic E-state index is 0.214. The summed E-state index contributed by atoms with van der Waals surface area (Å²) in [6.45, 7) is 0. The van der Waals surface area contributed by atoms with Crippen LogP contribution in [-0.2, 0) is 4.79 Å². The first-order valence-corrected chi connectivity index (χ1v) is 4.51. The first-order chi connectivity index (χ1) is 7.79. The normalized spacial score (nSPS) is 17.1. The van der Waals surface area contributed by atoms with Crippen molar-refractivity contribution in [1.29, 1.82) is 0 Å². The van der Waals surface area contributed by atoms with E-state index in [9.17, 15) is 4.79 Å². The van der Waals surface area contributed by atoms with Crippen molar-refractivity contribution in [1.82, 2.24) is 4.68 Å². The minimum Gasteiger partial charge on any atom is -0.290 e. The molecule has 1 aromatic heterocycles. The molecule has 1 heterocycles. The second-order valence-corrected chi connectivity index (χ2v) is 3.00. The summed E-state index contributed by atoms with van der Waals surface area (Å²) in [7, 11) is 0. The molecule has 0 saturated heterocycles. The molecule has 0 spiro atoms. The summed E-state index contributed by atoms with van der Waals surface area (Å²) in [4.78, 5) is 13.7. The molecule has 0 amide bonds. The molecule has 0 fully saturated rings. The fourth-order valence-corrected chi connectivity index (χ4v) is 1.23. The van der Waals surface area contributed by atoms with Crippen LogP contribution in [0.1, 0.15) is 0 Å². The Morgan fingerprint density at radius 1 is 1.25 bits per heavy atom. The van der Waals surface area contributed by atoms with Crippen LogP contribution >= 0.6 is 0 Å². The molecule has 0 saturated carbocycles. The van der Waals surface area contributed by atoms with Gasteiger partial charge in [-0.25, -0.2) is 4.68 Å². The van der Waals surface area contributed by atoms with Gasteiger partial charge in [-0.1, -0.05) is 5.11 Å². The lowest BCUT2D eigenvalue weighted by atomic mass is 10.1. The van der Waals surface area contributed by atoms with Crippen LogP contribution in [0.2, 0.25) is 0 Å². The number of allylic oxidation sites excluding steroid dienone is 3. The molecule has 1 aromatic rings. The van der Waals surface area contributed by atoms with Gasteiger partial charge in [-0.2, -0.15) is 5.10 Å². The standard InChI is InChI=1S/C10H7N5O/c11-14-12-10-7-8(16)3-4-9(10)13-15-5-1-2-6-15/h1-7H/b13-9-. The Morgan fingerprint density at radius 3 is 2.69 bits per heavy atom. The number of hydrogen-bond donors (Lipinski definition) is 0. The largest absolute Gasteiger partial charge is 0.290 e. The van der Waals surface area contributed by atoms with Crippen molar-refractivity contribution in [3.8, 4) is 0 Å². The predicted octanol–water partition coefficient (Wildman–Crippen LogP) is 2.03. The van der Waals surface area contributed by atoms with Gasteiger partial charge in [-0.05, 0) is 35.9 Å². The number of carbonyl (C=O) groups excluding carboxylic acids is 1. The molecule has 16 heavy (non-hydrogen) atoms. The fraction of sp³-hybridized carbons (Fsp3) is 0. The summed E-state index contributed by atoms with van der Waals surface area (Å²) < 4.78 is 1.57. The highest BCUT2D eigenvalue weighted by Crippen LogP contribution is 2.09. The van der Waals surface area contributed by atoms with E-state index in [1.54, 1.807) is 17.1 Å². The van der Waals surface area contributed by atoms with Gasteiger partial charge in [0, 0.05) is 17.3 Å². The Bertz CT molecular complexity index is 544. The summed E-state index contributed by atoms with van der Waals surface area (Å²) in [6, 6.07) is 3.64. The van der Waals surface area contributed by atoms with Gasteiger partial charge >= 0.3 is 0 Å². The first kappa shape index (κ1) is 9.95. The molecule has 0 atom stereocenters. The van der Waals surface area contributed by atoms with Crippen molar-refractivity contribution in [3.63, 3.8) is 0 Å². The van der Waals surface area contributed by atoms with E-state index in [1.165, 1.54) is 18.2 Å². The predicted molar refractivity (Wildman–Crippen MR) is 58.6 cm³/mol. The monoisotopic (exact) mass is 213 g/mol. The second kappa shape index (κ2) is 4.29. The smallest absolute Gasteiger partial charge is 0.179 e. The Balaban J connectivity index is 2.40. The maximum Gasteiger partial charge on any atom is 0.179 e. The quantitative estimate of drug-likeness (QED) is 0.320. The van der Waals surface area contributed by atoms with Crippen LogP contribution in [0.15, 0.2) is 58.7 Å². The van der Waals surface area contributed by atoms with E-state index < -0.39 is 0 Å². The van der Waals surface area contributed by atoms with E-state index in [2.05, 4.69) is 15.1 Å². The van der Waals surface area contributed by atoms with Crippen LogP contribution < -0.4 is 0 Å². The van der Waals surface area contributed by atoms with Crippen molar-refractivity contribution in [2.24, 2.45) is 10.2 Å². The fourth-order valence-electron chi connectivity index (χ4n) is 1.23. The third kappa shape index (κ3) is 2.08. The van der Waals surface area contributed by atoms with Gasteiger partial charge in [0.15, 0.2) is 5.78 Å². The topological polar surface area (TPSA) is 83.1 Å². The zero-order chi connectivity index (χ0) is 11.4. The van der Waals surface area contributed by atoms with Crippen LogP contribution in [0.3, 0.4) is 0 Å². The maximum absolute atomic E-state index is 11.1. The van der Waals surface area contributed by atoms with E-state index in [4.69, 9.17) is 5.53 Å². The second-order valence-electron chi connectivity index (χ2n) is 3.00. The van der Waals surface area contributed by atoms with Crippen LogP contribution in [0.25, 0.3) is 10.4 Å². The molecule has 0 aliphatic heterocycles. The number of aromatic nitrogens is 1. The minimum atomic E-state index is -0.214. The SMILES string of the molecule is [N-]=[N+]=NC1=CC(=O)C=C/C1=N/n1cccc1. The van der Waals surface area contributed by atoms with Crippen molar-refractivity contribution in [2.45, 2.75) is 0 Å². The Kier molecular flexibility index (Phi) is 2.67. The Morgan fingerprint density at radius 2 is 2.00 bits per heavy atom. The molecule has 0 unspecified atom stereocenters. The molecule has 2 rings (SSSR count).